The van der Waals surface area contributed by atoms with Crippen LogP contribution in [0, 0.1) is 0 Å². The first-order valence-corrected chi connectivity index (χ1v) is 10.8. The van der Waals surface area contributed by atoms with Crippen LogP contribution in [-0.2, 0) is 20.9 Å². The quantitative estimate of drug-likeness (QED) is 0.490. The summed E-state index contributed by atoms with van der Waals surface area (Å²) in [5, 5.41) is 23.7. The second-order valence-electron chi connectivity index (χ2n) is 8.33. The number of nitrogens with one attached hydrogen (secondary N) is 1. The molecule has 0 aliphatic carbocycles. The van der Waals surface area contributed by atoms with Crippen LogP contribution >= 0.6 is 0 Å². The number of β-amino-alcohol motifs (C(OH)–C–C–N with tert-alkyl or cyclic N) is 1. The van der Waals surface area contributed by atoms with Crippen molar-refractivity contribution in [1.82, 2.24) is 15.1 Å². The molecule has 0 aromatic heterocycles. The first kappa shape index (κ1) is 23.5. The minimum Gasteiger partial charge on any atom is -0.484 e. The Morgan fingerprint density at radius 1 is 1.16 bits per heavy atom. The lowest BCUT2D eigenvalue weighted by molar-refractivity contribution is -0.134. The Labute approximate surface area is 182 Å². The van der Waals surface area contributed by atoms with Gasteiger partial charge in [0.05, 0.1) is 6.10 Å². The molecule has 2 aliphatic rings. The van der Waals surface area contributed by atoms with E-state index in [2.05, 4.69) is 10.2 Å². The van der Waals surface area contributed by atoms with Crippen LogP contribution in [0.4, 0.5) is 0 Å². The summed E-state index contributed by atoms with van der Waals surface area (Å²) >= 11 is 0. The summed E-state index contributed by atoms with van der Waals surface area (Å²) in [7, 11) is 1.43. The number of likely N-dealkylation sites (tertiary alicyclic amines) is 2. The second-order valence-corrected chi connectivity index (χ2v) is 8.33. The molecule has 2 amide bonds. The van der Waals surface area contributed by atoms with Gasteiger partial charge in [0.1, 0.15) is 18.0 Å². The van der Waals surface area contributed by atoms with Gasteiger partial charge in [-0.25, -0.2) is 0 Å². The standard InChI is InChI=1S/C22H33N3O6/c1-30-14-20(27)23-16-22(29)8-11-24(13-19(22)26)12-17-4-6-18(7-5-17)31-15-21(28)25-9-2-3-10-25/h4-7,19,26,29H,2-3,8-16H2,1H3,(H,23,27)/t19-,22-/m1/s1. The molecule has 0 saturated carbocycles. The fourth-order valence-corrected chi connectivity index (χ4v) is 3.96. The monoisotopic (exact) mass is 435 g/mol. The van der Waals surface area contributed by atoms with E-state index in [1.54, 1.807) is 0 Å². The summed E-state index contributed by atoms with van der Waals surface area (Å²) in [6.45, 7) is 3.12. The molecule has 3 rings (SSSR count). The zero-order chi connectivity index (χ0) is 22.3. The average molecular weight is 436 g/mol. The number of hydrogen-bond acceptors (Lipinski definition) is 7. The molecule has 1 aromatic rings. The van der Waals surface area contributed by atoms with Crippen LogP contribution in [0.3, 0.4) is 0 Å². The highest BCUT2D eigenvalue weighted by molar-refractivity contribution is 5.78. The van der Waals surface area contributed by atoms with Crippen molar-refractivity contribution in [3.05, 3.63) is 29.8 Å². The molecule has 172 valence electrons. The molecule has 2 aliphatic heterocycles. The minimum atomic E-state index is -1.35. The summed E-state index contributed by atoms with van der Waals surface area (Å²) in [6.07, 6.45) is 1.50. The summed E-state index contributed by atoms with van der Waals surface area (Å²) in [5.41, 5.74) is -0.302. The van der Waals surface area contributed by atoms with Gasteiger partial charge < -0.3 is 29.9 Å². The van der Waals surface area contributed by atoms with E-state index in [4.69, 9.17) is 9.47 Å². The van der Waals surface area contributed by atoms with E-state index < -0.39 is 11.7 Å². The highest BCUT2D eigenvalue weighted by Crippen LogP contribution is 2.24. The van der Waals surface area contributed by atoms with Gasteiger partial charge in [0.2, 0.25) is 5.91 Å². The van der Waals surface area contributed by atoms with Crippen molar-refractivity contribution < 1.29 is 29.3 Å². The van der Waals surface area contributed by atoms with Gasteiger partial charge in [-0.2, -0.15) is 0 Å². The molecule has 2 atom stereocenters. The van der Waals surface area contributed by atoms with Crippen LogP contribution < -0.4 is 10.1 Å². The molecule has 0 bridgehead atoms. The zero-order valence-electron chi connectivity index (χ0n) is 18.1. The van der Waals surface area contributed by atoms with Gasteiger partial charge >= 0.3 is 0 Å². The van der Waals surface area contributed by atoms with Gasteiger partial charge in [0, 0.05) is 46.4 Å². The Morgan fingerprint density at radius 2 is 1.87 bits per heavy atom. The van der Waals surface area contributed by atoms with Crippen LogP contribution in [0.15, 0.2) is 24.3 Å². The number of hydrogen-bond donors (Lipinski definition) is 3. The van der Waals surface area contributed by atoms with Gasteiger partial charge in [-0.3, -0.25) is 14.5 Å². The van der Waals surface area contributed by atoms with Crippen LogP contribution in [0.5, 0.6) is 5.75 Å². The molecule has 1 aromatic carbocycles. The lowest BCUT2D eigenvalue weighted by Crippen LogP contribution is -2.60. The number of rotatable bonds is 9. The molecule has 0 spiro atoms. The third kappa shape index (κ3) is 6.64. The summed E-state index contributed by atoms with van der Waals surface area (Å²) < 4.78 is 10.4. The maximum Gasteiger partial charge on any atom is 0.260 e. The number of nitrogens with zero attached hydrogens (tertiary/aromatic N) is 2. The predicted molar refractivity (Wildman–Crippen MR) is 113 cm³/mol. The van der Waals surface area contributed by atoms with Crippen LogP contribution in [0.25, 0.3) is 0 Å². The molecule has 0 unspecified atom stereocenters. The first-order chi connectivity index (χ1) is 14.9. The van der Waals surface area contributed by atoms with Crippen molar-refractivity contribution >= 4 is 11.8 Å². The van der Waals surface area contributed by atoms with E-state index in [1.165, 1.54) is 7.11 Å². The van der Waals surface area contributed by atoms with Crippen molar-refractivity contribution in [2.24, 2.45) is 0 Å². The number of carbonyl (C=O) groups is 2. The normalized spacial score (nSPS) is 24.2. The molecule has 2 heterocycles. The van der Waals surface area contributed by atoms with E-state index >= 15 is 0 Å². The number of aliphatic hydroxyl groups is 2. The lowest BCUT2D eigenvalue weighted by atomic mass is 9.88. The molecule has 9 heteroatoms. The maximum atomic E-state index is 12.1. The fraction of sp³-hybridized carbons (Fsp3) is 0.636. The molecule has 2 fully saturated rings. The lowest BCUT2D eigenvalue weighted by Gasteiger charge is -2.42. The van der Waals surface area contributed by atoms with Crippen LogP contribution in [0.1, 0.15) is 24.8 Å². The largest absolute Gasteiger partial charge is 0.484 e. The molecule has 31 heavy (non-hydrogen) atoms. The number of benzene rings is 1. The van der Waals surface area contributed by atoms with E-state index in [9.17, 15) is 19.8 Å². The van der Waals surface area contributed by atoms with Crippen LogP contribution in [-0.4, -0.2) is 96.6 Å². The SMILES string of the molecule is COCC(=O)NC[C@]1(O)CCN(Cc2ccc(OCC(=O)N3CCCC3)cc2)C[C@H]1O. The third-order valence-electron chi connectivity index (χ3n) is 5.93. The van der Waals surface area contributed by atoms with Gasteiger partial charge in [0.25, 0.3) is 5.91 Å². The zero-order valence-corrected chi connectivity index (χ0v) is 18.1. The summed E-state index contributed by atoms with van der Waals surface area (Å²) in [4.78, 5) is 27.5. The van der Waals surface area contributed by atoms with Gasteiger partial charge in [-0.05, 0) is 37.0 Å². The third-order valence-corrected chi connectivity index (χ3v) is 5.93. The Balaban J connectivity index is 1.43. The molecular formula is C22H33N3O6. The number of piperidine rings is 1. The van der Waals surface area contributed by atoms with E-state index in [0.717, 1.165) is 31.5 Å². The fourth-order valence-electron chi connectivity index (χ4n) is 3.96. The molecule has 0 radical (unpaired) electrons. The van der Waals surface area contributed by atoms with Crippen molar-refractivity contribution in [3.8, 4) is 5.75 Å². The van der Waals surface area contributed by atoms with E-state index in [-0.39, 0.29) is 31.6 Å². The molecule has 2 saturated heterocycles. The number of methoxy groups -OCH3 is 1. The van der Waals surface area contributed by atoms with Crippen molar-refractivity contribution in [2.45, 2.75) is 37.5 Å². The Kier molecular flexibility index (Phi) is 8.25. The first-order valence-electron chi connectivity index (χ1n) is 10.8. The van der Waals surface area contributed by atoms with E-state index in [0.29, 0.717) is 31.8 Å². The predicted octanol–water partition coefficient (Wildman–Crippen LogP) is -0.252. The minimum absolute atomic E-state index is 0.00755. The molecule has 3 N–H and O–H groups in total. The molecular weight excluding hydrogens is 402 g/mol. The highest BCUT2D eigenvalue weighted by atomic mass is 16.5. The van der Waals surface area contributed by atoms with E-state index in [1.807, 2.05) is 29.2 Å². The summed E-state index contributed by atoms with van der Waals surface area (Å²) in [5.74, 6) is 0.348. The Hall–Kier alpha value is -2.20. The highest BCUT2D eigenvalue weighted by Gasteiger charge is 2.40. The van der Waals surface area contributed by atoms with Gasteiger partial charge in [-0.1, -0.05) is 12.1 Å². The topological polar surface area (TPSA) is 112 Å². The van der Waals surface area contributed by atoms with Crippen molar-refractivity contribution in [2.75, 3.05) is 53.0 Å². The number of amides is 2. The average Bonchev–Trinajstić information content (AvgIpc) is 3.30. The Morgan fingerprint density at radius 3 is 2.52 bits per heavy atom. The van der Waals surface area contributed by atoms with Gasteiger partial charge in [-0.15, -0.1) is 0 Å². The van der Waals surface area contributed by atoms with Crippen LogP contribution in [0.2, 0.25) is 0 Å². The maximum absolute atomic E-state index is 12.1. The number of aliphatic hydroxyl groups excluding tert-OH is 1. The smallest absolute Gasteiger partial charge is 0.260 e. The van der Waals surface area contributed by atoms with Crippen molar-refractivity contribution in [1.29, 1.82) is 0 Å². The van der Waals surface area contributed by atoms with Gasteiger partial charge in [0.15, 0.2) is 6.61 Å². The molecule has 9 nitrogen and oxygen atoms in total. The summed E-state index contributed by atoms with van der Waals surface area (Å²) in [6, 6.07) is 7.56. The van der Waals surface area contributed by atoms with Crippen molar-refractivity contribution in [3.63, 3.8) is 0 Å². The number of ether oxygens (including phenoxy) is 2. The number of carbonyl (C=O) groups excluding carboxylic acids is 2. The Bertz CT molecular complexity index is 737. The second kappa shape index (κ2) is 10.9.